The van der Waals surface area contributed by atoms with Crippen LogP contribution in [-0.2, 0) is 19.0 Å². The molecule has 0 aromatic rings. The van der Waals surface area contributed by atoms with Gasteiger partial charge in [-0.05, 0) is 96.7 Å². The van der Waals surface area contributed by atoms with Crippen LogP contribution >= 0.6 is 0 Å². The highest BCUT2D eigenvalue weighted by Crippen LogP contribution is 2.21. The second-order valence-corrected chi connectivity index (χ2v) is 15.2. The van der Waals surface area contributed by atoms with Crippen LogP contribution in [0.4, 0.5) is 4.79 Å². The third-order valence-corrected chi connectivity index (χ3v) is 10.3. The van der Waals surface area contributed by atoms with Crippen molar-refractivity contribution in [2.75, 3.05) is 39.5 Å². The molecule has 0 radical (unpaired) electrons. The fraction of sp³-hybridized carbons (Fsp3) is 0.955. The van der Waals surface area contributed by atoms with E-state index in [1.54, 1.807) is 0 Å². The molecule has 1 N–H and O–H groups in total. The van der Waals surface area contributed by atoms with Gasteiger partial charge in [-0.25, -0.2) is 4.79 Å². The molecule has 304 valence electrons. The number of ether oxygens (including phenoxy) is 3. The molecule has 7 heteroatoms. The van der Waals surface area contributed by atoms with Gasteiger partial charge in [0.05, 0.1) is 19.1 Å². The lowest BCUT2D eigenvalue weighted by Gasteiger charge is -2.22. The SMILES string of the molecule is CCCCCCCCC(CCCCCC)C(=O)OCCCCCCN(CCCCO)CCCCCCOC(=O)OC(CCCCC)CCCCC. The van der Waals surface area contributed by atoms with Crippen molar-refractivity contribution in [3.63, 3.8) is 0 Å². The molecule has 0 bridgehead atoms. The lowest BCUT2D eigenvalue weighted by Crippen LogP contribution is -2.27. The Balaban J connectivity index is 4.26. The van der Waals surface area contributed by atoms with Crippen LogP contribution in [0, 0.1) is 5.92 Å². The van der Waals surface area contributed by atoms with E-state index in [1.807, 2.05) is 0 Å². The molecule has 0 aromatic carbocycles. The number of carbonyl (C=O) groups is 2. The molecule has 0 aliphatic carbocycles. The number of carbonyl (C=O) groups excluding carboxylic acids is 2. The predicted octanol–water partition coefficient (Wildman–Crippen LogP) is 12.7. The van der Waals surface area contributed by atoms with Crippen LogP contribution in [0.5, 0.6) is 0 Å². The van der Waals surface area contributed by atoms with E-state index in [0.29, 0.717) is 13.2 Å². The highest BCUT2D eigenvalue weighted by molar-refractivity contribution is 5.72. The Hall–Kier alpha value is -1.34. The molecule has 7 nitrogen and oxygen atoms in total. The maximum atomic E-state index is 12.9. The average molecular weight is 726 g/mol. The standard InChI is InChI=1S/C44H87NO6/c1-5-9-13-15-16-24-32-41(31-23-14-10-6-2)43(47)49-39-29-19-17-25-35-45(37-27-28-38-46)36-26-18-20-30-40-50-44(48)51-42(33-21-11-7-3)34-22-12-8-4/h41-42,46H,5-40H2,1-4H3. The first kappa shape index (κ1) is 49.7. The Morgan fingerprint density at radius 3 is 1.39 bits per heavy atom. The topological polar surface area (TPSA) is 85.3 Å². The number of rotatable bonds is 40. The Bertz CT molecular complexity index is 724. The van der Waals surface area contributed by atoms with Crippen LogP contribution in [-0.4, -0.2) is 67.7 Å². The van der Waals surface area contributed by atoms with E-state index in [4.69, 9.17) is 14.2 Å². The Morgan fingerprint density at radius 1 is 0.471 bits per heavy atom. The molecule has 0 amide bonds. The Kier molecular flexibility index (Phi) is 38.8. The van der Waals surface area contributed by atoms with Crippen LogP contribution in [0.1, 0.15) is 220 Å². The Labute approximate surface area is 317 Å². The molecule has 0 fully saturated rings. The molecule has 0 heterocycles. The van der Waals surface area contributed by atoms with Crippen molar-refractivity contribution in [2.45, 2.75) is 226 Å². The molecule has 0 rings (SSSR count). The molecular formula is C44H87NO6. The number of aliphatic hydroxyl groups is 1. The van der Waals surface area contributed by atoms with E-state index < -0.39 is 6.16 Å². The Morgan fingerprint density at radius 2 is 0.863 bits per heavy atom. The highest BCUT2D eigenvalue weighted by atomic mass is 16.7. The number of hydrogen-bond donors (Lipinski definition) is 1. The second-order valence-electron chi connectivity index (χ2n) is 15.2. The largest absolute Gasteiger partial charge is 0.508 e. The van der Waals surface area contributed by atoms with Crippen molar-refractivity contribution in [1.82, 2.24) is 4.90 Å². The van der Waals surface area contributed by atoms with Crippen molar-refractivity contribution in [3.05, 3.63) is 0 Å². The van der Waals surface area contributed by atoms with Gasteiger partial charge >= 0.3 is 12.1 Å². The summed E-state index contributed by atoms with van der Waals surface area (Å²) in [7, 11) is 0. The molecule has 0 saturated heterocycles. The first-order valence-electron chi connectivity index (χ1n) is 22.3. The lowest BCUT2D eigenvalue weighted by atomic mass is 9.94. The number of hydrogen-bond acceptors (Lipinski definition) is 7. The van der Waals surface area contributed by atoms with E-state index >= 15 is 0 Å². The van der Waals surface area contributed by atoms with Gasteiger partial charge in [0.25, 0.3) is 0 Å². The molecule has 0 saturated carbocycles. The maximum Gasteiger partial charge on any atom is 0.508 e. The number of nitrogens with zero attached hydrogens (tertiary/aromatic N) is 1. The summed E-state index contributed by atoms with van der Waals surface area (Å²) in [6.07, 6.45) is 33.1. The summed E-state index contributed by atoms with van der Waals surface area (Å²) < 4.78 is 16.9. The first-order chi connectivity index (χ1) is 25.0. The van der Waals surface area contributed by atoms with E-state index in [-0.39, 0.29) is 24.6 Å². The molecule has 0 aromatic heterocycles. The van der Waals surface area contributed by atoms with E-state index in [0.717, 1.165) is 135 Å². The second kappa shape index (κ2) is 39.9. The van der Waals surface area contributed by atoms with Crippen molar-refractivity contribution in [2.24, 2.45) is 5.92 Å². The smallest absolute Gasteiger partial charge is 0.465 e. The number of esters is 1. The summed E-state index contributed by atoms with van der Waals surface area (Å²) in [5, 5.41) is 9.28. The maximum absolute atomic E-state index is 12.9. The van der Waals surface area contributed by atoms with Gasteiger partial charge in [0.15, 0.2) is 0 Å². The fourth-order valence-electron chi connectivity index (χ4n) is 6.86. The van der Waals surface area contributed by atoms with Crippen molar-refractivity contribution >= 4 is 12.1 Å². The minimum atomic E-state index is -0.494. The van der Waals surface area contributed by atoms with Crippen LogP contribution in [0.2, 0.25) is 0 Å². The van der Waals surface area contributed by atoms with Gasteiger partial charge in [0, 0.05) is 6.61 Å². The minimum Gasteiger partial charge on any atom is -0.465 e. The van der Waals surface area contributed by atoms with Gasteiger partial charge in [-0.3, -0.25) is 4.79 Å². The van der Waals surface area contributed by atoms with Gasteiger partial charge in [0.1, 0.15) is 6.10 Å². The van der Waals surface area contributed by atoms with E-state index in [2.05, 4.69) is 32.6 Å². The molecular weight excluding hydrogens is 638 g/mol. The zero-order valence-corrected chi connectivity index (χ0v) is 34.5. The van der Waals surface area contributed by atoms with E-state index in [9.17, 15) is 14.7 Å². The number of unbranched alkanes of at least 4 members (excludes halogenated alkanes) is 19. The van der Waals surface area contributed by atoms with Crippen molar-refractivity contribution < 1.29 is 28.9 Å². The van der Waals surface area contributed by atoms with Crippen LogP contribution in [0.15, 0.2) is 0 Å². The summed E-state index contributed by atoms with van der Waals surface area (Å²) in [4.78, 5) is 27.8. The molecule has 0 aliphatic heterocycles. The number of aliphatic hydroxyl groups excluding tert-OH is 1. The van der Waals surface area contributed by atoms with Gasteiger partial charge in [-0.2, -0.15) is 0 Å². The van der Waals surface area contributed by atoms with Gasteiger partial charge in [0.2, 0.25) is 0 Å². The molecule has 0 spiro atoms. The van der Waals surface area contributed by atoms with Crippen LogP contribution in [0.3, 0.4) is 0 Å². The summed E-state index contributed by atoms with van der Waals surface area (Å²) in [5.41, 5.74) is 0. The molecule has 1 unspecified atom stereocenters. The fourth-order valence-corrected chi connectivity index (χ4v) is 6.86. The van der Waals surface area contributed by atoms with Crippen molar-refractivity contribution in [1.29, 1.82) is 0 Å². The normalized spacial score (nSPS) is 12.1. The zero-order valence-electron chi connectivity index (χ0n) is 34.5. The quantitative estimate of drug-likeness (QED) is 0.0497. The first-order valence-corrected chi connectivity index (χ1v) is 22.3. The lowest BCUT2D eigenvalue weighted by molar-refractivity contribution is -0.149. The van der Waals surface area contributed by atoms with Crippen LogP contribution < -0.4 is 0 Å². The molecule has 1 atom stereocenters. The molecule has 51 heavy (non-hydrogen) atoms. The zero-order chi connectivity index (χ0) is 37.5. The van der Waals surface area contributed by atoms with Crippen LogP contribution in [0.25, 0.3) is 0 Å². The average Bonchev–Trinajstić information content (AvgIpc) is 3.12. The highest BCUT2D eigenvalue weighted by Gasteiger charge is 2.19. The predicted molar refractivity (Wildman–Crippen MR) is 215 cm³/mol. The monoisotopic (exact) mass is 726 g/mol. The van der Waals surface area contributed by atoms with E-state index in [1.165, 1.54) is 77.0 Å². The molecule has 0 aliphatic rings. The summed E-state index contributed by atoms with van der Waals surface area (Å²) in [6.45, 7) is 13.3. The van der Waals surface area contributed by atoms with Crippen molar-refractivity contribution in [3.8, 4) is 0 Å². The summed E-state index contributed by atoms with van der Waals surface area (Å²) in [6, 6.07) is 0. The summed E-state index contributed by atoms with van der Waals surface area (Å²) >= 11 is 0. The summed E-state index contributed by atoms with van der Waals surface area (Å²) in [5.74, 6) is 0.133. The third-order valence-electron chi connectivity index (χ3n) is 10.3. The third kappa shape index (κ3) is 34.2. The van der Waals surface area contributed by atoms with Gasteiger partial charge in [-0.15, -0.1) is 0 Å². The van der Waals surface area contributed by atoms with Gasteiger partial charge < -0.3 is 24.2 Å². The minimum absolute atomic E-state index is 0.00727. The van der Waals surface area contributed by atoms with Gasteiger partial charge in [-0.1, -0.05) is 143 Å².